The van der Waals surface area contributed by atoms with Crippen molar-refractivity contribution in [1.29, 1.82) is 0 Å². The highest BCUT2D eigenvalue weighted by molar-refractivity contribution is 9.10. The predicted molar refractivity (Wildman–Crippen MR) is 111 cm³/mol. The molecule has 0 aliphatic heterocycles. The third-order valence-electron chi connectivity index (χ3n) is 3.75. The molecule has 0 radical (unpaired) electrons. The number of esters is 1. The van der Waals surface area contributed by atoms with E-state index in [2.05, 4.69) is 31.4 Å². The van der Waals surface area contributed by atoms with Gasteiger partial charge in [0.05, 0.1) is 24.5 Å². The van der Waals surface area contributed by atoms with E-state index in [1.807, 2.05) is 6.07 Å². The van der Waals surface area contributed by atoms with E-state index in [1.165, 1.54) is 19.5 Å². The Morgan fingerprint density at radius 1 is 1.03 bits per heavy atom. The lowest BCUT2D eigenvalue weighted by molar-refractivity contribution is 0.0729. The van der Waals surface area contributed by atoms with Crippen molar-refractivity contribution < 1.29 is 19.1 Å². The molecule has 1 heterocycles. The van der Waals surface area contributed by atoms with Crippen molar-refractivity contribution in [3.63, 3.8) is 0 Å². The van der Waals surface area contributed by atoms with Crippen LogP contribution in [0.3, 0.4) is 0 Å². The number of nitrogens with zero attached hydrogens (tertiary/aromatic N) is 2. The second-order valence-electron chi connectivity index (χ2n) is 5.76. The standard InChI is InChI=1S/C21H16BrN3O4/c1-28-19-9-14(11-24-25-20(26)16-10-17(22)13-23-12-16)7-8-18(19)29-21(27)15-5-3-2-4-6-15/h2-13H,1H3,(H,25,26)/b24-11+. The average Bonchev–Trinajstić information content (AvgIpc) is 2.75. The lowest BCUT2D eigenvalue weighted by Gasteiger charge is -2.10. The lowest BCUT2D eigenvalue weighted by atomic mass is 10.2. The summed E-state index contributed by atoms with van der Waals surface area (Å²) in [5.41, 5.74) is 3.88. The van der Waals surface area contributed by atoms with Crippen LogP contribution in [0, 0.1) is 0 Å². The topological polar surface area (TPSA) is 89.9 Å². The Hall–Kier alpha value is -3.52. The Morgan fingerprint density at radius 3 is 2.55 bits per heavy atom. The SMILES string of the molecule is COc1cc(/C=N/NC(=O)c2cncc(Br)c2)ccc1OC(=O)c1ccccc1. The summed E-state index contributed by atoms with van der Waals surface area (Å²) in [7, 11) is 1.47. The Kier molecular flexibility index (Phi) is 6.70. The van der Waals surface area contributed by atoms with E-state index in [9.17, 15) is 9.59 Å². The number of hydrazone groups is 1. The van der Waals surface area contributed by atoms with E-state index >= 15 is 0 Å². The highest BCUT2D eigenvalue weighted by atomic mass is 79.9. The Balaban J connectivity index is 1.67. The Morgan fingerprint density at radius 2 is 1.83 bits per heavy atom. The zero-order valence-corrected chi connectivity index (χ0v) is 16.9. The van der Waals surface area contributed by atoms with Gasteiger partial charge in [0.1, 0.15) is 0 Å². The van der Waals surface area contributed by atoms with Crippen LogP contribution >= 0.6 is 15.9 Å². The molecular weight excluding hydrogens is 438 g/mol. The molecule has 1 N–H and O–H groups in total. The fourth-order valence-corrected chi connectivity index (χ4v) is 2.71. The monoisotopic (exact) mass is 453 g/mol. The molecule has 7 nitrogen and oxygen atoms in total. The minimum atomic E-state index is -0.486. The molecule has 29 heavy (non-hydrogen) atoms. The molecular formula is C21H16BrN3O4. The summed E-state index contributed by atoms with van der Waals surface area (Å²) in [5.74, 6) is -0.237. The van der Waals surface area contributed by atoms with Crippen LogP contribution in [0.4, 0.5) is 0 Å². The molecule has 0 spiro atoms. The largest absolute Gasteiger partial charge is 0.493 e. The van der Waals surface area contributed by atoms with E-state index < -0.39 is 11.9 Å². The number of ether oxygens (including phenoxy) is 2. The maximum Gasteiger partial charge on any atom is 0.343 e. The van der Waals surface area contributed by atoms with Gasteiger partial charge in [-0.05, 0) is 57.9 Å². The molecule has 2 aromatic carbocycles. The van der Waals surface area contributed by atoms with Gasteiger partial charge in [0.25, 0.3) is 5.91 Å². The number of amides is 1. The summed E-state index contributed by atoms with van der Waals surface area (Å²) in [4.78, 5) is 28.2. The summed E-state index contributed by atoms with van der Waals surface area (Å²) in [6, 6.07) is 15.2. The number of hydrogen-bond donors (Lipinski definition) is 1. The van der Waals surface area contributed by atoms with Gasteiger partial charge in [-0.15, -0.1) is 0 Å². The maximum atomic E-state index is 12.2. The number of halogens is 1. The second-order valence-corrected chi connectivity index (χ2v) is 6.67. The molecule has 0 saturated heterocycles. The van der Waals surface area contributed by atoms with Gasteiger partial charge in [-0.1, -0.05) is 18.2 Å². The molecule has 3 aromatic rings. The third-order valence-corrected chi connectivity index (χ3v) is 4.18. The second kappa shape index (κ2) is 9.61. The van der Waals surface area contributed by atoms with Crippen LogP contribution in [0.2, 0.25) is 0 Å². The van der Waals surface area contributed by atoms with Crippen molar-refractivity contribution >= 4 is 34.0 Å². The molecule has 3 rings (SSSR count). The number of aromatic nitrogens is 1. The lowest BCUT2D eigenvalue weighted by Crippen LogP contribution is -2.17. The van der Waals surface area contributed by atoms with E-state index in [4.69, 9.17) is 9.47 Å². The molecule has 146 valence electrons. The highest BCUT2D eigenvalue weighted by Crippen LogP contribution is 2.28. The molecule has 0 aliphatic rings. The smallest absolute Gasteiger partial charge is 0.343 e. The van der Waals surface area contributed by atoms with Gasteiger partial charge >= 0.3 is 5.97 Å². The minimum Gasteiger partial charge on any atom is -0.493 e. The van der Waals surface area contributed by atoms with E-state index in [0.717, 1.165) is 0 Å². The molecule has 0 unspecified atom stereocenters. The number of carbonyl (C=O) groups excluding carboxylic acids is 2. The van der Waals surface area contributed by atoms with Crippen molar-refractivity contribution in [2.45, 2.75) is 0 Å². The molecule has 1 aromatic heterocycles. The van der Waals surface area contributed by atoms with E-state index in [-0.39, 0.29) is 5.75 Å². The van der Waals surface area contributed by atoms with Crippen LogP contribution in [0.5, 0.6) is 11.5 Å². The van der Waals surface area contributed by atoms with Gasteiger partial charge < -0.3 is 9.47 Å². The molecule has 0 atom stereocenters. The Bertz CT molecular complexity index is 1050. The first-order valence-electron chi connectivity index (χ1n) is 8.46. The van der Waals surface area contributed by atoms with Gasteiger partial charge in [-0.2, -0.15) is 5.10 Å². The van der Waals surface area contributed by atoms with Gasteiger partial charge in [0.15, 0.2) is 11.5 Å². The fraction of sp³-hybridized carbons (Fsp3) is 0.0476. The molecule has 0 saturated carbocycles. The first-order valence-corrected chi connectivity index (χ1v) is 9.25. The first-order chi connectivity index (χ1) is 14.1. The van der Waals surface area contributed by atoms with Crippen LogP contribution in [0.25, 0.3) is 0 Å². The van der Waals surface area contributed by atoms with E-state index in [0.29, 0.717) is 26.9 Å². The number of hydrogen-bond acceptors (Lipinski definition) is 6. The quantitative estimate of drug-likeness (QED) is 0.265. The number of pyridine rings is 1. The van der Waals surface area contributed by atoms with Gasteiger partial charge in [0, 0.05) is 16.9 Å². The predicted octanol–water partition coefficient (Wildman–Crippen LogP) is 3.84. The molecule has 0 bridgehead atoms. The van der Waals surface area contributed by atoms with Crippen molar-refractivity contribution in [3.05, 3.63) is 88.2 Å². The fourth-order valence-electron chi connectivity index (χ4n) is 2.35. The summed E-state index contributed by atoms with van der Waals surface area (Å²) in [6.07, 6.45) is 4.47. The normalized spacial score (nSPS) is 10.6. The summed E-state index contributed by atoms with van der Waals surface area (Å²) < 4.78 is 11.4. The van der Waals surface area contributed by atoms with Gasteiger partial charge in [0.2, 0.25) is 0 Å². The zero-order chi connectivity index (χ0) is 20.6. The highest BCUT2D eigenvalue weighted by Gasteiger charge is 2.12. The first kappa shape index (κ1) is 20.2. The zero-order valence-electron chi connectivity index (χ0n) is 15.3. The van der Waals surface area contributed by atoms with Gasteiger partial charge in [-0.25, -0.2) is 10.2 Å². The van der Waals surface area contributed by atoms with Crippen LogP contribution in [-0.2, 0) is 0 Å². The van der Waals surface area contributed by atoms with Crippen LogP contribution in [0.1, 0.15) is 26.3 Å². The van der Waals surface area contributed by atoms with Crippen LogP contribution in [-0.4, -0.2) is 30.2 Å². The molecule has 0 aliphatic carbocycles. The Labute approximate surface area is 175 Å². The molecule has 0 fully saturated rings. The minimum absolute atomic E-state index is 0.280. The van der Waals surface area contributed by atoms with Crippen LogP contribution in [0.15, 0.2) is 76.6 Å². The number of benzene rings is 2. The summed E-state index contributed by atoms with van der Waals surface area (Å²) >= 11 is 3.26. The number of methoxy groups -OCH3 is 1. The third kappa shape index (κ3) is 5.49. The molecule has 8 heteroatoms. The average molecular weight is 454 g/mol. The van der Waals surface area contributed by atoms with Crippen LogP contribution < -0.4 is 14.9 Å². The van der Waals surface area contributed by atoms with Crippen molar-refractivity contribution in [2.24, 2.45) is 5.10 Å². The summed E-state index contributed by atoms with van der Waals surface area (Å²) in [6.45, 7) is 0. The van der Waals surface area contributed by atoms with Crippen molar-refractivity contribution in [1.82, 2.24) is 10.4 Å². The number of nitrogens with one attached hydrogen (secondary N) is 1. The van der Waals surface area contributed by atoms with E-state index in [1.54, 1.807) is 54.7 Å². The van der Waals surface area contributed by atoms with Gasteiger partial charge in [-0.3, -0.25) is 9.78 Å². The summed E-state index contributed by atoms with van der Waals surface area (Å²) in [5, 5.41) is 3.93. The van der Waals surface area contributed by atoms with Crippen molar-refractivity contribution in [2.75, 3.05) is 7.11 Å². The number of carbonyl (C=O) groups is 2. The maximum absolute atomic E-state index is 12.2. The number of rotatable bonds is 6. The van der Waals surface area contributed by atoms with Crippen molar-refractivity contribution in [3.8, 4) is 11.5 Å². The molecule has 1 amide bonds.